The Hall–Kier alpha value is -2.37. The van der Waals surface area contributed by atoms with Crippen LogP contribution in [-0.2, 0) is 4.79 Å². The summed E-state index contributed by atoms with van der Waals surface area (Å²) >= 11 is 0. The number of nitrogens with zero attached hydrogens (tertiary/aromatic N) is 3. The van der Waals surface area contributed by atoms with E-state index in [9.17, 15) is 4.79 Å². The van der Waals surface area contributed by atoms with Gasteiger partial charge in [-0.2, -0.15) is 0 Å². The third kappa shape index (κ3) is 2.81. The van der Waals surface area contributed by atoms with Gasteiger partial charge in [0.2, 0.25) is 11.8 Å². The third-order valence-corrected chi connectivity index (χ3v) is 3.99. The summed E-state index contributed by atoms with van der Waals surface area (Å²) in [5.74, 6) is 1.94. The summed E-state index contributed by atoms with van der Waals surface area (Å²) in [4.78, 5) is 13.4. The van der Waals surface area contributed by atoms with Crippen molar-refractivity contribution >= 4 is 5.91 Å². The monoisotopic (exact) mass is 301 g/mol. The van der Waals surface area contributed by atoms with E-state index in [1.165, 1.54) is 0 Å². The molecule has 1 saturated heterocycles. The first-order chi connectivity index (χ1) is 10.7. The molecule has 116 valence electrons. The van der Waals surface area contributed by atoms with Gasteiger partial charge in [0, 0.05) is 20.0 Å². The number of hydrogen-bond donors (Lipinski definition) is 0. The zero-order valence-corrected chi connectivity index (χ0v) is 12.8. The predicted molar refractivity (Wildman–Crippen MR) is 80.5 cm³/mol. The highest BCUT2D eigenvalue weighted by Gasteiger charge is 2.27. The van der Waals surface area contributed by atoms with Crippen LogP contribution in [0, 0.1) is 0 Å². The fourth-order valence-corrected chi connectivity index (χ4v) is 2.79. The Balaban J connectivity index is 1.83. The van der Waals surface area contributed by atoms with Crippen LogP contribution < -0.4 is 4.74 Å². The summed E-state index contributed by atoms with van der Waals surface area (Å²) in [7, 11) is 1.61. The lowest BCUT2D eigenvalue weighted by Gasteiger charge is -2.30. The highest BCUT2D eigenvalue weighted by molar-refractivity contribution is 5.73. The molecule has 2 heterocycles. The largest absolute Gasteiger partial charge is 0.496 e. The van der Waals surface area contributed by atoms with E-state index in [1.807, 2.05) is 29.2 Å². The van der Waals surface area contributed by atoms with Crippen molar-refractivity contribution in [1.29, 1.82) is 0 Å². The molecule has 3 rings (SSSR count). The molecule has 6 heteroatoms. The number of ether oxygens (including phenoxy) is 1. The molecule has 1 fully saturated rings. The molecule has 1 aromatic heterocycles. The summed E-state index contributed by atoms with van der Waals surface area (Å²) in [5, 5.41) is 8.32. The van der Waals surface area contributed by atoms with Crippen molar-refractivity contribution in [1.82, 2.24) is 15.1 Å². The number of aromatic nitrogens is 2. The second-order valence-corrected chi connectivity index (χ2v) is 5.45. The topological polar surface area (TPSA) is 68.5 Å². The van der Waals surface area contributed by atoms with Crippen molar-refractivity contribution in [2.75, 3.05) is 20.2 Å². The van der Waals surface area contributed by atoms with E-state index in [0.29, 0.717) is 24.1 Å². The second kappa shape index (κ2) is 6.17. The molecule has 1 aliphatic heterocycles. The molecular weight excluding hydrogens is 282 g/mol. The predicted octanol–water partition coefficient (Wildman–Crippen LogP) is 2.47. The van der Waals surface area contributed by atoms with Crippen LogP contribution in [0.25, 0.3) is 11.5 Å². The number of para-hydroxylation sites is 1. The number of likely N-dealkylation sites (tertiary alicyclic amines) is 1. The normalized spacial score (nSPS) is 18.3. The lowest BCUT2D eigenvalue weighted by atomic mass is 9.98. The molecule has 0 N–H and O–H groups in total. The van der Waals surface area contributed by atoms with Gasteiger partial charge >= 0.3 is 0 Å². The van der Waals surface area contributed by atoms with Crippen LogP contribution in [0.1, 0.15) is 31.6 Å². The van der Waals surface area contributed by atoms with Gasteiger partial charge in [0.15, 0.2) is 0 Å². The number of benzene rings is 1. The van der Waals surface area contributed by atoms with Gasteiger partial charge in [-0.25, -0.2) is 0 Å². The number of carbonyl (C=O) groups excluding carboxylic acids is 1. The Labute approximate surface area is 129 Å². The molecule has 1 amide bonds. The van der Waals surface area contributed by atoms with Gasteiger partial charge in [0.1, 0.15) is 5.75 Å². The average Bonchev–Trinajstić information content (AvgIpc) is 3.04. The maximum absolute atomic E-state index is 11.5. The van der Waals surface area contributed by atoms with Crippen molar-refractivity contribution in [3.8, 4) is 17.2 Å². The summed E-state index contributed by atoms with van der Waals surface area (Å²) in [6.45, 7) is 3.04. The average molecular weight is 301 g/mol. The minimum absolute atomic E-state index is 0.0918. The molecule has 0 radical (unpaired) electrons. The van der Waals surface area contributed by atoms with Crippen molar-refractivity contribution < 1.29 is 13.9 Å². The van der Waals surface area contributed by atoms with Gasteiger partial charge in [-0.1, -0.05) is 12.1 Å². The third-order valence-electron chi connectivity index (χ3n) is 3.99. The Kier molecular flexibility index (Phi) is 4.09. The van der Waals surface area contributed by atoms with E-state index in [-0.39, 0.29) is 11.8 Å². The molecule has 6 nitrogen and oxygen atoms in total. The molecule has 1 aliphatic rings. The minimum atomic E-state index is 0.0918. The number of methoxy groups -OCH3 is 1. The molecule has 2 aromatic rings. The summed E-state index contributed by atoms with van der Waals surface area (Å²) in [6.07, 6.45) is 1.91. The van der Waals surface area contributed by atoms with E-state index < -0.39 is 0 Å². The van der Waals surface area contributed by atoms with Crippen LogP contribution >= 0.6 is 0 Å². The van der Waals surface area contributed by atoms with E-state index >= 15 is 0 Å². The zero-order chi connectivity index (χ0) is 15.5. The maximum atomic E-state index is 11.5. The lowest BCUT2D eigenvalue weighted by molar-refractivity contribution is -0.130. The highest BCUT2D eigenvalue weighted by atomic mass is 16.5. The number of rotatable bonds is 3. The fourth-order valence-electron chi connectivity index (χ4n) is 2.79. The van der Waals surface area contributed by atoms with Crippen molar-refractivity contribution in [2.24, 2.45) is 0 Å². The van der Waals surface area contributed by atoms with Crippen LogP contribution in [0.2, 0.25) is 0 Å². The molecule has 0 spiro atoms. The second-order valence-electron chi connectivity index (χ2n) is 5.45. The molecule has 0 unspecified atom stereocenters. The summed E-state index contributed by atoms with van der Waals surface area (Å²) in [5.41, 5.74) is 0.781. The molecule has 1 aromatic carbocycles. The molecule has 0 saturated carbocycles. The van der Waals surface area contributed by atoms with Crippen molar-refractivity contribution in [3.05, 3.63) is 30.2 Å². The fraction of sp³-hybridized carbons (Fsp3) is 0.438. The van der Waals surface area contributed by atoms with Gasteiger partial charge in [-0.15, -0.1) is 10.2 Å². The quantitative estimate of drug-likeness (QED) is 0.871. The number of carbonyl (C=O) groups is 1. The van der Waals surface area contributed by atoms with Crippen molar-refractivity contribution in [2.45, 2.75) is 25.7 Å². The van der Waals surface area contributed by atoms with E-state index in [1.54, 1.807) is 14.0 Å². The first kappa shape index (κ1) is 14.6. The van der Waals surface area contributed by atoms with Crippen LogP contribution in [0.3, 0.4) is 0 Å². The first-order valence-corrected chi connectivity index (χ1v) is 7.41. The molecular formula is C16H19N3O3. The number of amides is 1. The molecule has 0 aliphatic carbocycles. The highest BCUT2D eigenvalue weighted by Crippen LogP contribution is 2.32. The maximum Gasteiger partial charge on any atom is 0.251 e. The summed E-state index contributed by atoms with van der Waals surface area (Å²) < 4.78 is 11.2. The molecule has 0 bridgehead atoms. The van der Waals surface area contributed by atoms with Gasteiger partial charge in [0.05, 0.1) is 18.6 Å². The van der Waals surface area contributed by atoms with Crippen LogP contribution in [0.4, 0.5) is 0 Å². The van der Waals surface area contributed by atoms with Gasteiger partial charge in [-0.3, -0.25) is 4.79 Å². The lowest BCUT2D eigenvalue weighted by Crippen LogP contribution is -2.37. The SMILES string of the molecule is COc1ccccc1-c1nnc([C@@H]2CCCN(C(C)=O)C2)o1. The van der Waals surface area contributed by atoms with Gasteiger partial charge in [0.25, 0.3) is 5.89 Å². The van der Waals surface area contributed by atoms with E-state index in [0.717, 1.165) is 24.9 Å². The smallest absolute Gasteiger partial charge is 0.251 e. The van der Waals surface area contributed by atoms with Gasteiger partial charge in [-0.05, 0) is 25.0 Å². The Morgan fingerprint density at radius 2 is 2.18 bits per heavy atom. The van der Waals surface area contributed by atoms with Crippen LogP contribution in [0.5, 0.6) is 5.75 Å². The first-order valence-electron chi connectivity index (χ1n) is 7.41. The van der Waals surface area contributed by atoms with Crippen LogP contribution in [0.15, 0.2) is 28.7 Å². The van der Waals surface area contributed by atoms with Crippen LogP contribution in [-0.4, -0.2) is 41.2 Å². The van der Waals surface area contributed by atoms with E-state index in [2.05, 4.69) is 10.2 Å². The molecule has 1 atom stereocenters. The summed E-state index contributed by atoms with van der Waals surface area (Å²) in [6, 6.07) is 7.54. The van der Waals surface area contributed by atoms with E-state index in [4.69, 9.17) is 9.15 Å². The Morgan fingerprint density at radius 1 is 1.36 bits per heavy atom. The Morgan fingerprint density at radius 3 is 2.95 bits per heavy atom. The Bertz CT molecular complexity index is 668. The van der Waals surface area contributed by atoms with Gasteiger partial charge < -0.3 is 14.1 Å². The zero-order valence-electron chi connectivity index (χ0n) is 12.8. The minimum Gasteiger partial charge on any atom is -0.496 e. The number of hydrogen-bond acceptors (Lipinski definition) is 5. The number of piperidine rings is 1. The van der Waals surface area contributed by atoms with Crippen molar-refractivity contribution in [3.63, 3.8) is 0 Å². The standard InChI is InChI=1S/C16H19N3O3/c1-11(20)19-9-5-6-12(10-19)15-17-18-16(22-15)13-7-3-4-8-14(13)21-2/h3-4,7-8,12H,5-6,9-10H2,1-2H3/t12-/m1/s1. The molecule has 22 heavy (non-hydrogen) atoms.